The van der Waals surface area contributed by atoms with Crippen molar-refractivity contribution in [1.82, 2.24) is 0 Å². The smallest absolute Gasteiger partial charge is 0.0947 e. The molecule has 1 fully saturated rings. The summed E-state index contributed by atoms with van der Waals surface area (Å²) in [5.41, 5.74) is 1.18. The molecule has 1 heterocycles. The topological polar surface area (TPSA) is 7.68 Å². The summed E-state index contributed by atoms with van der Waals surface area (Å²) < 4.78 is 0. The molecule has 15 heavy (non-hydrogen) atoms. The third kappa shape index (κ3) is 3.00. The summed E-state index contributed by atoms with van der Waals surface area (Å²) in [6, 6.07) is 8.09. The molecule has 1 saturated heterocycles. The summed E-state index contributed by atoms with van der Waals surface area (Å²) in [5, 5.41) is 0.868. The fourth-order valence-electron chi connectivity index (χ4n) is 1.84. The maximum absolute atomic E-state index is 6.15. The van der Waals surface area contributed by atoms with Crippen LogP contribution in [-0.4, -0.2) is 33.2 Å². The second kappa shape index (κ2) is 5.59. The maximum atomic E-state index is 6.15. The number of para-hydroxylation sites is 1. The number of rotatable bonds is 1. The zero-order valence-electron chi connectivity index (χ0n) is 8.84. The van der Waals surface area contributed by atoms with Crippen molar-refractivity contribution in [3.05, 3.63) is 29.3 Å². The fourth-order valence-corrected chi connectivity index (χ4v) is 2.09. The SMILES string of the molecule is C[NH+]1CCN(c2ccccc2Cl)CC1.[Cl-]. The van der Waals surface area contributed by atoms with Gasteiger partial charge in [-0.25, -0.2) is 0 Å². The Balaban J connectivity index is 0.00000112. The second-order valence-corrected chi connectivity index (χ2v) is 4.30. The largest absolute Gasteiger partial charge is 1.00 e. The van der Waals surface area contributed by atoms with Gasteiger partial charge in [-0.1, -0.05) is 23.7 Å². The Kier molecular flexibility index (Phi) is 4.71. The number of nitrogens with zero attached hydrogens (tertiary/aromatic N) is 1. The molecule has 1 aliphatic heterocycles. The number of hydrogen-bond acceptors (Lipinski definition) is 1. The molecule has 0 unspecified atom stereocenters. The van der Waals surface area contributed by atoms with Crippen LogP contribution < -0.4 is 22.2 Å². The molecule has 0 spiro atoms. The van der Waals surface area contributed by atoms with Gasteiger partial charge in [-0.15, -0.1) is 0 Å². The van der Waals surface area contributed by atoms with E-state index in [1.807, 2.05) is 18.2 Å². The molecule has 0 bridgehead atoms. The average molecular weight is 247 g/mol. The zero-order valence-corrected chi connectivity index (χ0v) is 10.4. The van der Waals surface area contributed by atoms with Crippen LogP contribution in [0.4, 0.5) is 5.69 Å². The molecule has 0 saturated carbocycles. The Labute approximate surface area is 102 Å². The van der Waals surface area contributed by atoms with Gasteiger partial charge in [-0.05, 0) is 12.1 Å². The van der Waals surface area contributed by atoms with Gasteiger partial charge in [0.05, 0.1) is 43.9 Å². The Bertz CT molecular complexity index is 309. The monoisotopic (exact) mass is 246 g/mol. The molecule has 4 heteroatoms. The Hall–Kier alpha value is -0.440. The van der Waals surface area contributed by atoms with Crippen molar-refractivity contribution in [3.63, 3.8) is 0 Å². The molecule has 0 aliphatic carbocycles. The van der Waals surface area contributed by atoms with E-state index in [0.717, 1.165) is 18.1 Å². The molecule has 0 atom stereocenters. The van der Waals surface area contributed by atoms with Gasteiger partial charge in [0.1, 0.15) is 0 Å². The van der Waals surface area contributed by atoms with Crippen molar-refractivity contribution >= 4 is 17.3 Å². The van der Waals surface area contributed by atoms with E-state index in [0.29, 0.717) is 0 Å². The molecule has 1 aromatic carbocycles. The second-order valence-electron chi connectivity index (χ2n) is 3.90. The molecule has 0 amide bonds. The molecule has 1 N–H and O–H groups in total. The van der Waals surface area contributed by atoms with Gasteiger partial charge in [0.15, 0.2) is 0 Å². The Morgan fingerprint density at radius 1 is 1.20 bits per heavy atom. The van der Waals surface area contributed by atoms with Crippen LogP contribution in [0.15, 0.2) is 24.3 Å². The number of piperazine rings is 1. The third-order valence-electron chi connectivity index (χ3n) is 2.81. The first-order valence-corrected chi connectivity index (χ1v) is 5.46. The quantitative estimate of drug-likeness (QED) is 0.585. The van der Waals surface area contributed by atoms with Gasteiger partial charge < -0.3 is 22.2 Å². The molecule has 1 aliphatic rings. The molecule has 2 rings (SSSR count). The van der Waals surface area contributed by atoms with Crippen LogP contribution in [0.3, 0.4) is 0 Å². The predicted octanol–water partition coefficient (Wildman–Crippen LogP) is -2.32. The van der Waals surface area contributed by atoms with Crippen molar-refractivity contribution in [2.45, 2.75) is 0 Å². The van der Waals surface area contributed by atoms with E-state index in [4.69, 9.17) is 11.6 Å². The minimum absolute atomic E-state index is 0. The summed E-state index contributed by atoms with van der Waals surface area (Å²) in [6.07, 6.45) is 0. The lowest BCUT2D eigenvalue weighted by Crippen LogP contribution is -3.12. The molecular formula is C11H16Cl2N2. The third-order valence-corrected chi connectivity index (χ3v) is 3.13. The Morgan fingerprint density at radius 2 is 1.80 bits per heavy atom. The highest BCUT2D eigenvalue weighted by Crippen LogP contribution is 2.24. The van der Waals surface area contributed by atoms with Crippen LogP contribution in [0.5, 0.6) is 0 Å². The minimum Gasteiger partial charge on any atom is -1.00 e. The van der Waals surface area contributed by atoms with Gasteiger partial charge in [0, 0.05) is 0 Å². The summed E-state index contributed by atoms with van der Waals surface area (Å²) in [7, 11) is 2.24. The maximum Gasteiger partial charge on any atom is 0.0947 e. The van der Waals surface area contributed by atoms with Crippen LogP contribution in [0.1, 0.15) is 0 Å². The number of nitrogens with one attached hydrogen (secondary N) is 1. The molecule has 84 valence electrons. The molecule has 1 aromatic rings. The van der Waals surface area contributed by atoms with Crippen molar-refractivity contribution in [2.75, 3.05) is 38.1 Å². The summed E-state index contributed by atoms with van der Waals surface area (Å²) in [5.74, 6) is 0. The van der Waals surface area contributed by atoms with E-state index in [-0.39, 0.29) is 12.4 Å². The number of anilines is 1. The zero-order chi connectivity index (χ0) is 9.97. The first-order chi connectivity index (χ1) is 6.77. The summed E-state index contributed by atoms with van der Waals surface area (Å²) in [4.78, 5) is 3.98. The van der Waals surface area contributed by atoms with Gasteiger partial charge in [0.2, 0.25) is 0 Å². The molecule has 0 radical (unpaired) electrons. The molecule has 2 nitrogen and oxygen atoms in total. The standard InChI is InChI=1S/C11H15ClN2.ClH/c1-13-6-8-14(9-7-13)11-5-3-2-4-10(11)12;/h2-5H,6-9H2,1H3;1H. The van der Waals surface area contributed by atoms with Crippen molar-refractivity contribution in [3.8, 4) is 0 Å². The number of hydrogen-bond donors (Lipinski definition) is 1. The number of likely N-dealkylation sites (N-methyl/N-ethyl adjacent to an activating group) is 1. The highest BCUT2D eigenvalue weighted by molar-refractivity contribution is 6.33. The van der Waals surface area contributed by atoms with Crippen LogP contribution >= 0.6 is 11.6 Å². The fraction of sp³-hybridized carbons (Fsp3) is 0.455. The van der Waals surface area contributed by atoms with Crippen LogP contribution in [-0.2, 0) is 0 Å². The van der Waals surface area contributed by atoms with E-state index >= 15 is 0 Å². The van der Waals surface area contributed by atoms with Gasteiger partial charge in [0.25, 0.3) is 0 Å². The van der Waals surface area contributed by atoms with Crippen LogP contribution in [0.25, 0.3) is 0 Å². The predicted molar refractivity (Wildman–Crippen MR) is 60.3 cm³/mol. The first kappa shape index (κ1) is 12.6. The van der Waals surface area contributed by atoms with Crippen LogP contribution in [0.2, 0.25) is 5.02 Å². The van der Waals surface area contributed by atoms with E-state index in [2.05, 4.69) is 18.0 Å². The van der Waals surface area contributed by atoms with E-state index in [1.165, 1.54) is 18.8 Å². The van der Waals surface area contributed by atoms with Crippen molar-refractivity contribution in [2.24, 2.45) is 0 Å². The van der Waals surface area contributed by atoms with Gasteiger partial charge >= 0.3 is 0 Å². The highest BCUT2D eigenvalue weighted by Gasteiger charge is 2.18. The first-order valence-electron chi connectivity index (χ1n) is 5.08. The number of benzene rings is 1. The van der Waals surface area contributed by atoms with Crippen molar-refractivity contribution < 1.29 is 17.3 Å². The van der Waals surface area contributed by atoms with Gasteiger partial charge in [-0.3, -0.25) is 0 Å². The normalized spacial score (nSPS) is 17.3. The van der Waals surface area contributed by atoms with Crippen molar-refractivity contribution in [1.29, 1.82) is 0 Å². The summed E-state index contributed by atoms with van der Waals surface area (Å²) in [6.45, 7) is 4.61. The lowest BCUT2D eigenvalue weighted by Gasteiger charge is -2.32. The average Bonchev–Trinajstić information content (AvgIpc) is 2.20. The minimum atomic E-state index is 0. The lowest BCUT2D eigenvalue weighted by molar-refractivity contribution is -0.880. The van der Waals surface area contributed by atoms with E-state index < -0.39 is 0 Å². The van der Waals surface area contributed by atoms with Crippen LogP contribution in [0, 0.1) is 0 Å². The number of quaternary nitrogens is 1. The molecular weight excluding hydrogens is 231 g/mol. The molecule has 0 aromatic heterocycles. The van der Waals surface area contributed by atoms with E-state index in [9.17, 15) is 0 Å². The summed E-state index contributed by atoms with van der Waals surface area (Å²) >= 11 is 6.15. The lowest BCUT2D eigenvalue weighted by atomic mass is 10.2. The Morgan fingerprint density at radius 3 is 2.40 bits per heavy atom. The number of halogens is 2. The van der Waals surface area contributed by atoms with Gasteiger partial charge in [-0.2, -0.15) is 0 Å². The van der Waals surface area contributed by atoms with E-state index in [1.54, 1.807) is 4.90 Å². The highest BCUT2D eigenvalue weighted by atomic mass is 35.5.